The van der Waals surface area contributed by atoms with Gasteiger partial charge in [-0.3, -0.25) is 4.79 Å². The maximum atomic E-state index is 12.6. The lowest BCUT2D eigenvalue weighted by Gasteiger charge is -2.14. The highest BCUT2D eigenvalue weighted by atomic mass is 32.1. The van der Waals surface area contributed by atoms with Gasteiger partial charge in [-0.25, -0.2) is 14.5 Å². The maximum Gasteiger partial charge on any atom is 0.392 e. The number of nitrogens with one attached hydrogen (secondary N) is 1. The van der Waals surface area contributed by atoms with Crippen molar-refractivity contribution < 1.29 is 18.0 Å². The van der Waals surface area contributed by atoms with Crippen molar-refractivity contribution in [3.63, 3.8) is 0 Å². The predicted octanol–water partition coefficient (Wildman–Crippen LogP) is 3.69. The monoisotopic (exact) mass is 369 g/mol. The number of carbonyl (C=O) groups is 1. The average Bonchev–Trinajstić information content (AvgIpc) is 3.12. The third-order valence-corrected chi connectivity index (χ3v) is 4.33. The second-order valence-corrected chi connectivity index (χ2v) is 6.48. The van der Waals surface area contributed by atoms with Crippen LogP contribution in [-0.4, -0.2) is 31.7 Å². The molecule has 0 bridgehead atoms. The molecule has 0 radical (unpaired) electrons. The molecule has 3 aromatic heterocycles. The van der Waals surface area contributed by atoms with Crippen molar-refractivity contribution in [2.75, 3.05) is 5.32 Å². The summed E-state index contributed by atoms with van der Waals surface area (Å²) >= 11 is 1.32. The molecule has 0 aliphatic heterocycles. The van der Waals surface area contributed by atoms with E-state index in [1.165, 1.54) is 15.9 Å². The Bertz CT molecular complexity index is 904. The van der Waals surface area contributed by atoms with E-state index in [2.05, 4.69) is 20.4 Å². The largest absolute Gasteiger partial charge is 0.392 e. The Morgan fingerprint density at radius 3 is 2.80 bits per heavy atom. The molecule has 132 valence electrons. The number of aryl methyl sites for hydroxylation is 1. The van der Waals surface area contributed by atoms with Gasteiger partial charge in [0.2, 0.25) is 5.91 Å². The van der Waals surface area contributed by atoms with E-state index in [1.807, 2.05) is 0 Å². The Hall–Kier alpha value is -2.49. The third-order valence-electron chi connectivity index (χ3n) is 3.55. The molecule has 0 aliphatic rings. The van der Waals surface area contributed by atoms with Crippen LogP contribution in [0.4, 0.5) is 19.0 Å². The van der Waals surface area contributed by atoms with Crippen molar-refractivity contribution in [1.82, 2.24) is 19.6 Å². The Balaban J connectivity index is 1.96. The topological polar surface area (TPSA) is 72.2 Å². The molecule has 25 heavy (non-hydrogen) atoms. The summed E-state index contributed by atoms with van der Waals surface area (Å²) in [6.07, 6.45) is -3.51. The summed E-state index contributed by atoms with van der Waals surface area (Å²) in [5, 5.41) is 9.13. The van der Waals surface area contributed by atoms with Crippen molar-refractivity contribution >= 4 is 28.7 Å². The number of halogens is 3. The minimum Gasteiger partial charge on any atom is -0.309 e. The van der Waals surface area contributed by atoms with Crippen LogP contribution < -0.4 is 5.32 Å². The lowest BCUT2D eigenvalue weighted by molar-refractivity contribution is -0.173. The molecule has 1 atom stereocenters. The number of hydrogen-bond donors (Lipinski definition) is 1. The number of aromatic nitrogens is 4. The predicted molar refractivity (Wildman–Crippen MR) is 87.3 cm³/mol. The van der Waals surface area contributed by atoms with Crippen LogP contribution in [0, 0.1) is 12.8 Å². The number of hydrogen-bond acceptors (Lipinski definition) is 5. The van der Waals surface area contributed by atoms with Gasteiger partial charge < -0.3 is 5.32 Å². The maximum absolute atomic E-state index is 12.6. The second-order valence-electron chi connectivity index (χ2n) is 5.59. The van der Waals surface area contributed by atoms with Gasteiger partial charge in [0, 0.05) is 18.0 Å². The summed E-state index contributed by atoms with van der Waals surface area (Å²) in [5.41, 5.74) is 1.64. The van der Waals surface area contributed by atoms with Crippen LogP contribution in [0.2, 0.25) is 0 Å². The molecule has 3 heterocycles. The summed E-state index contributed by atoms with van der Waals surface area (Å²) in [6, 6.07) is 3.47. The third kappa shape index (κ3) is 3.63. The molecule has 1 unspecified atom stereocenters. The minimum atomic E-state index is -4.42. The summed E-state index contributed by atoms with van der Waals surface area (Å²) in [4.78, 5) is 20.5. The standard InChI is InChI=1S/C15H14F3N5OS/c1-8(15(16,17)18)7-11(24)21-13-12(14-19-5-6-25-14)23-10(20-13)4-3-9(2)22-23/h3-6,8H,7H2,1-2H3,(H,21,24). The van der Waals surface area contributed by atoms with Gasteiger partial charge in [0.05, 0.1) is 11.6 Å². The van der Waals surface area contributed by atoms with Gasteiger partial charge in [-0.1, -0.05) is 6.92 Å². The fraction of sp³-hybridized carbons (Fsp3) is 0.333. The number of alkyl halides is 3. The number of fused-ring (bicyclic) bond motifs is 1. The SMILES string of the molecule is Cc1ccc2nc(NC(=O)CC(C)C(F)(F)F)c(-c3nccs3)n2n1. The zero-order valence-electron chi connectivity index (χ0n) is 13.3. The highest BCUT2D eigenvalue weighted by Crippen LogP contribution is 2.32. The fourth-order valence-corrected chi connectivity index (χ4v) is 2.89. The van der Waals surface area contributed by atoms with E-state index >= 15 is 0 Å². The summed E-state index contributed by atoms with van der Waals surface area (Å²) in [7, 11) is 0. The molecule has 1 N–H and O–H groups in total. The zero-order valence-corrected chi connectivity index (χ0v) is 14.1. The first-order chi connectivity index (χ1) is 11.8. The number of amides is 1. The molecular weight excluding hydrogens is 355 g/mol. The number of nitrogens with zero attached hydrogens (tertiary/aromatic N) is 4. The second kappa shape index (κ2) is 6.43. The molecule has 0 aromatic carbocycles. The molecule has 0 saturated heterocycles. The molecule has 0 saturated carbocycles. The highest BCUT2D eigenvalue weighted by molar-refractivity contribution is 7.13. The van der Waals surface area contributed by atoms with Gasteiger partial charge in [0.25, 0.3) is 0 Å². The molecular formula is C15H14F3N5OS. The van der Waals surface area contributed by atoms with E-state index in [-0.39, 0.29) is 5.82 Å². The molecule has 1 amide bonds. The number of anilines is 1. The van der Waals surface area contributed by atoms with Crippen LogP contribution in [0.25, 0.3) is 16.3 Å². The first kappa shape index (κ1) is 17.3. The van der Waals surface area contributed by atoms with Gasteiger partial charge >= 0.3 is 6.18 Å². The Morgan fingerprint density at radius 2 is 2.16 bits per heavy atom. The highest BCUT2D eigenvalue weighted by Gasteiger charge is 2.37. The Labute approximate surface area is 144 Å². The van der Waals surface area contributed by atoms with Gasteiger partial charge in [-0.2, -0.15) is 18.3 Å². The Morgan fingerprint density at radius 1 is 1.40 bits per heavy atom. The van der Waals surface area contributed by atoms with Crippen LogP contribution >= 0.6 is 11.3 Å². The summed E-state index contributed by atoms with van der Waals surface area (Å²) in [5.74, 6) is -2.36. The lowest BCUT2D eigenvalue weighted by Crippen LogP contribution is -2.25. The van der Waals surface area contributed by atoms with E-state index in [0.29, 0.717) is 16.3 Å². The number of carbonyl (C=O) groups excluding carboxylic acids is 1. The smallest absolute Gasteiger partial charge is 0.309 e. The van der Waals surface area contributed by atoms with E-state index in [0.717, 1.165) is 12.6 Å². The molecule has 0 aliphatic carbocycles. The van der Waals surface area contributed by atoms with Crippen LogP contribution in [0.5, 0.6) is 0 Å². The molecule has 6 nitrogen and oxygen atoms in total. The van der Waals surface area contributed by atoms with Crippen LogP contribution in [-0.2, 0) is 4.79 Å². The quantitative estimate of drug-likeness (QED) is 0.761. The van der Waals surface area contributed by atoms with Gasteiger partial charge in [0.1, 0.15) is 10.7 Å². The van der Waals surface area contributed by atoms with Crippen molar-refractivity contribution in [2.24, 2.45) is 5.92 Å². The van der Waals surface area contributed by atoms with Crippen LogP contribution in [0.3, 0.4) is 0 Å². The van der Waals surface area contributed by atoms with E-state index in [9.17, 15) is 18.0 Å². The van der Waals surface area contributed by atoms with Crippen molar-refractivity contribution in [2.45, 2.75) is 26.4 Å². The van der Waals surface area contributed by atoms with Gasteiger partial charge in [-0.05, 0) is 19.1 Å². The molecule has 0 spiro atoms. The van der Waals surface area contributed by atoms with Crippen LogP contribution in [0.1, 0.15) is 19.0 Å². The number of rotatable bonds is 4. The molecule has 10 heteroatoms. The minimum absolute atomic E-state index is 0.146. The zero-order chi connectivity index (χ0) is 18.2. The van der Waals surface area contributed by atoms with Crippen molar-refractivity contribution in [3.05, 3.63) is 29.4 Å². The normalized spacial score (nSPS) is 13.2. The van der Waals surface area contributed by atoms with E-state index in [4.69, 9.17) is 0 Å². The first-order valence-corrected chi connectivity index (χ1v) is 8.26. The van der Waals surface area contributed by atoms with Crippen molar-refractivity contribution in [3.8, 4) is 10.7 Å². The first-order valence-electron chi connectivity index (χ1n) is 7.38. The van der Waals surface area contributed by atoms with E-state index < -0.39 is 24.4 Å². The molecule has 3 rings (SSSR count). The lowest BCUT2D eigenvalue weighted by atomic mass is 10.1. The molecule has 3 aromatic rings. The van der Waals surface area contributed by atoms with E-state index in [1.54, 1.807) is 30.6 Å². The summed E-state index contributed by atoms with van der Waals surface area (Å²) in [6.45, 7) is 2.77. The summed E-state index contributed by atoms with van der Waals surface area (Å²) < 4.78 is 39.5. The van der Waals surface area contributed by atoms with Crippen LogP contribution in [0.15, 0.2) is 23.7 Å². The van der Waals surface area contributed by atoms with Crippen molar-refractivity contribution in [1.29, 1.82) is 0 Å². The Kier molecular flexibility index (Phi) is 4.46. The van der Waals surface area contributed by atoms with Gasteiger partial charge in [0.15, 0.2) is 11.5 Å². The van der Waals surface area contributed by atoms with Gasteiger partial charge in [-0.15, -0.1) is 11.3 Å². The molecule has 0 fully saturated rings. The fourth-order valence-electron chi connectivity index (χ4n) is 2.22. The average molecular weight is 369 g/mol. The number of imidazole rings is 1. The number of thiazole rings is 1.